The van der Waals surface area contributed by atoms with Gasteiger partial charge in [0.1, 0.15) is 0 Å². The molecule has 0 amide bonds. The minimum atomic E-state index is 0.432. The Kier molecular flexibility index (Phi) is 5.29. The Morgan fingerprint density at radius 2 is 2.09 bits per heavy atom. The van der Waals surface area contributed by atoms with Crippen molar-refractivity contribution in [2.45, 2.75) is 32.4 Å². The highest BCUT2D eigenvalue weighted by Gasteiger charge is 2.36. The minimum absolute atomic E-state index is 0.432. The molecule has 2 saturated heterocycles. The molecule has 0 radical (unpaired) electrons. The van der Waals surface area contributed by atoms with Gasteiger partial charge >= 0.3 is 0 Å². The lowest BCUT2D eigenvalue weighted by molar-refractivity contribution is -0.0992. The summed E-state index contributed by atoms with van der Waals surface area (Å²) in [5, 5.41) is 0. The second kappa shape index (κ2) is 7.40. The van der Waals surface area contributed by atoms with Crippen LogP contribution in [-0.4, -0.2) is 61.3 Å². The molecular weight excluding hydrogens is 272 g/mol. The van der Waals surface area contributed by atoms with E-state index < -0.39 is 0 Å². The first-order valence-corrected chi connectivity index (χ1v) is 8.56. The topological polar surface area (TPSA) is 15.7 Å². The van der Waals surface area contributed by atoms with Gasteiger partial charge in [-0.15, -0.1) is 0 Å². The van der Waals surface area contributed by atoms with Crippen molar-refractivity contribution >= 4 is 6.08 Å². The first-order valence-electron chi connectivity index (χ1n) is 8.56. The van der Waals surface area contributed by atoms with Gasteiger partial charge in [-0.25, -0.2) is 0 Å². The van der Waals surface area contributed by atoms with E-state index in [1.54, 1.807) is 0 Å². The van der Waals surface area contributed by atoms with E-state index in [4.69, 9.17) is 4.74 Å². The summed E-state index contributed by atoms with van der Waals surface area (Å²) in [4.78, 5) is 5.18. The zero-order valence-corrected chi connectivity index (χ0v) is 13.9. The third-order valence-corrected chi connectivity index (χ3v) is 4.90. The lowest BCUT2D eigenvalue weighted by atomic mass is 9.98. The molecule has 120 valence electrons. The highest BCUT2D eigenvalue weighted by molar-refractivity contribution is 5.52. The number of piperidine rings is 1. The lowest BCUT2D eigenvalue weighted by Crippen LogP contribution is -2.60. The number of hydrogen-bond donors (Lipinski definition) is 0. The predicted octanol–water partition coefficient (Wildman–Crippen LogP) is 2.88. The lowest BCUT2D eigenvalue weighted by Gasteiger charge is -2.47. The van der Waals surface area contributed by atoms with Gasteiger partial charge in [-0.2, -0.15) is 0 Å². The molecule has 2 heterocycles. The van der Waals surface area contributed by atoms with Crippen molar-refractivity contribution < 1.29 is 4.74 Å². The van der Waals surface area contributed by atoms with E-state index >= 15 is 0 Å². The molecule has 0 saturated carbocycles. The van der Waals surface area contributed by atoms with Crippen LogP contribution in [0.4, 0.5) is 0 Å². The molecule has 0 aromatic heterocycles. The third-order valence-electron chi connectivity index (χ3n) is 4.90. The number of benzene rings is 1. The Morgan fingerprint density at radius 1 is 1.27 bits per heavy atom. The Hall–Kier alpha value is -1.16. The molecule has 3 rings (SSSR count). The quantitative estimate of drug-likeness (QED) is 0.850. The van der Waals surface area contributed by atoms with Gasteiger partial charge in [-0.1, -0.05) is 48.9 Å². The van der Waals surface area contributed by atoms with E-state index in [2.05, 4.69) is 60.1 Å². The fraction of sp³-hybridized carbons (Fsp3) is 0.579. The number of morpholine rings is 1. The van der Waals surface area contributed by atoms with Crippen LogP contribution < -0.4 is 0 Å². The maximum Gasteiger partial charge on any atom is 0.0755 e. The van der Waals surface area contributed by atoms with Crippen LogP contribution in [0.25, 0.3) is 6.08 Å². The molecule has 0 spiro atoms. The first kappa shape index (κ1) is 15.7. The molecular formula is C19H28N2O. The zero-order valence-electron chi connectivity index (χ0n) is 13.9. The number of likely N-dealkylation sites (N-methyl/N-ethyl adjacent to an activating group) is 1. The maximum atomic E-state index is 6.02. The Morgan fingerprint density at radius 3 is 2.86 bits per heavy atom. The van der Waals surface area contributed by atoms with Crippen molar-refractivity contribution in [2.75, 3.05) is 39.3 Å². The van der Waals surface area contributed by atoms with Crippen LogP contribution in [0.15, 0.2) is 35.9 Å². The van der Waals surface area contributed by atoms with Gasteiger partial charge in [0.2, 0.25) is 0 Å². The van der Waals surface area contributed by atoms with Crippen LogP contribution in [0.5, 0.6) is 0 Å². The van der Waals surface area contributed by atoms with Gasteiger partial charge in [0.15, 0.2) is 0 Å². The summed E-state index contributed by atoms with van der Waals surface area (Å²) in [7, 11) is 0. The number of rotatable bonds is 4. The van der Waals surface area contributed by atoms with E-state index in [-0.39, 0.29) is 0 Å². The summed E-state index contributed by atoms with van der Waals surface area (Å²) in [5.41, 5.74) is 2.73. The second-order valence-electron chi connectivity index (χ2n) is 6.53. The molecule has 22 heavy (non-hydrogen) atoms. The van der Waals surface area contributed by atoms with Crippen LogP contribution in [0, 0.1) is 0 Å². The minimum Gasteiger partial charge on any atom is -0.375 e. The van der Waals surface area contributed by atoms with Crippen molar-refractivity contribution in [3.8, 4) is 0 Å². The van der Waals surface area contributed by atoms with Crippen molar-refractivity contribution in [1.82, 2.24) is 9.80 Å². The molecule has 0 unspecified atom stereocenters. The fourth-order valence-electron chi connectivity index (χ4n) is 3.69. The summed E-state index contributed by atoms with van der Waals surface area (Å²) in [5.74, 6) is 0. The molecule has 3 nitrogen and oxygen atoms in total. The second-order valence-corrected chi connectivity index (χ2v) is 6.53. The van der Waals surface area contributed by atoms with Crippen molar-refractivity contribution in [2.24, 2.45) is 0 Å². The summed E-state index contributed by atoms with van der Waals surface area (Å²) in [6, 6.07) is 11.2. The molecule has 2 fully saturated rings. The van der Waals surface area contributed by atoms with Crippen LogP contribution in [0.1, 0.15) is 25.8 Å². The summed E-state index contributed by atoms with van der Waals surface area (Å²) in [6.07, 6.45) is 3.92. The number of nitrogens with zero attached hydrogens (tertiary/aromatic N) is 2. The van der Waals surface area contributed by atoms with Gasteiger partial charge in [-0.3, -0.25) is 4.90 Å². The molecule has 2 aliphatic heterocycles. The Labute approximate surface area is 134 Å². The van der Waals surface area contributed by atoms with Gasteiger partial charge in [0.05, 0.1) is 12.7 Å². The monoisotopic (exact) mass is 300 g/mol. The van der Waals surface area contributed by atoms with Gasteiger partial charge in [0.25, 0.3) is 0 Å². The Balaban J connectivity index is 1.66. The molecule has 1 aromatic carbocycles. The first-order chi connectivity index (χ1) is 10.8. The highest BCUT2D eigenvalue weighted by atomic mass is 16.5. The number of fused-ring (bicyclic) bond motifs is 1. The van der Waals surface area contributed by atoms with E-state index in [9.17, 15) is 0 Å². The molecule has 2 aliphatic rings. The highest BCUT2D eigenvalue weighted by Crippen LogP contribution is 2.24. The maximum absolute atomic E-state index is 6.02. The summed E-state index contributed by atoms with van der Waals surface area (Å²) in [6.45, 7) is 11.0. The molecule has 0 bridgehead atoms. The van der Waals surface area contributed by atoms with Crippen molar-refractivity contribution in [1.29, 1.82) is 0 Å². The fourth-order valence-corrected chi connectivity index (χ4v) is 3.69. The molecule has 2 atom stereocenters. The standard InChI is InChI=1S/C19H28N2O/c1-3-20-10-9-19-18(15-20)21(11-12-22-19)14-16(2)13-17-7-5-4-6-8-17/h4-8,13,18-19H,3,9-12,14-15H2,1-2H3/t18-,19+/m0/s1. The summed E-state index contributed by atoms with van der Waals surface area (Å²) >= 11 is 0. The zero-order chi connectivity index (χ0) is 15.4. The number of likely N-dealkylation sites (tertiary alicyclic amines) is 1. The van der Waals surface area contributed by atoms with Crippen LogP contribution in [0.2, 0.25) is 0 Å². The molecule has 0 N–H and O–H groups in total. The average Bonchev–Trinajstić information content (AvgIpc) is 2.55. The van der Waals surface area contributed by atoms with Gasteiger partial charge in [-0.05, 0) is 25.5 Å². The Bertz CT molecular complexity index is 499. The summed E-state index contributed by atoms with van der Waals surface area (Å²) < 4.78 is 6.02. The normalized spacial score (nSPS) is 27.6. The van der Waals surface area contributed by atoms with E-state index in [1.807, 2.05) is 0 Å². The van der Waals surface area contributed by atoms with E-state index in [0.717, 1.165) is 32.8 Å². The molecule has 1 aromatic rings. The molecule has 0 aliphatic carbocycles. The third kappa shape index (κ3) is 3.78. The predicted molar refractivity (Wildman–Crippen MR) is 91.9 cm³/mol. The van der Waals surface area contributed by atoms with Crippen molar-refractivity contribution in [3.05, 3.63) is 41.5 Å². The van der Waals surface area contributed by atoms with Crippen molar-refractivity contribution in [3.63, 3.8) is 0 Å². The van der Waals surface area contributed by atoms with E-state index in [1.165, 1.54) is 24.1 Å². The largest absolute Gasteiger partial charge is 0.375 e. The van der Waals surface area contributed by atoms with Gasteiger partial charge < -0.3 is 9.64 Å². The number of ether oxygens (including phenoxy) is 1. The average molecular weight is 300 g/mol. The van der Waals surface area contributed by atoms with E-state index in [0.29, 0.717) is 12.1 Å². The smallest absolute Gasteiger partial charge is 0.0755 e. The molecule has 3 heteroatoms. The number of hydrogen-bond acceptors (Lipinski definition) is 3. The van der Waals surface area contributed by atoms with Gasteiger partial charge in [0, 0.05) is 32.2 Å². The van der Waals surface area contributed by atoms with Crippen LogP contribution in [-0.2, 0) is 4.74 Å². The van der Waals surface area contributed by atoms with Crippen LogP contribution in [0.3, 0.4) is 0 Å². The van der Waals surface area contributed by atoms with Crippen LogP contribution >= 0.6 is 0 Å². The SMILES string of the molecule is CCN1CC[C@H]2OCCN(CC(C)=Cc3ccccc3)[C@H]2C1.